The van der Waals surface area contributed by atoms with Crippen molar-refractivity contribution in [2.45, 2.75) is 6.18 Å². The van der Waals surface area contributed by atoms with Crippen LogP contribution in [0.1, 0.15) is 21.5 Å². The molecule has 2 rings (SSSR count). The van der Waals surface area contributed by atoms with Crippen molar-refractivity contribution in [2.24, 2.45) is 5.10 Å². The summed E-state index contributed by atoms with van der Waals surface area (Å²) in [5.74, 6) is -1.54. The number of halogens is 3. The van der Waals surface area contributed by atoms with E-state index >= 15 is 0 Å². The molecule has 120 valence electrons. The fourth-order valence-corrected chi connectivity index (χ4v) is 1.69. The molecule has 5 nitrogen and oxygen atoms in total. The Bertz CT molecular complexity index is 758. The van der Waals surface area contributed by atoms with Crippen LogP contribution in [0, 0.1) is 0 Å². The number of alkyl halides is 3. The zero-order valence-corrected chi connectivity index (χ0v) is 11.5. The Kier molecular flexibility index (Phi) is 4.54. The molecule has 2 aromatic rings. The number of phenolic OH excluding ortho intramolecular Hbond substituents is 2. The minimum atomic E-state index is -4.46. The Hall–Kier alpha value is -3.03. The van der Waals surface area contributed by atoms with E-state index < -0.39 is 23.4 Å². The number of hydrazone groups is 1. The van der Waals surface area contributed by atoms with E-state index in [9.17, 15) is 23.1 Å². The summed E-state index contributed by atoms with van der Waals surface area (Å²) < 4.78 is 37.7. The first kappa shape index (κ1) is 16.3. The number of aromatic hydroxyl groups is 2. The van der Waals surface area contributed by atoms with Crippen molar-refractivity contribution >= 4 is 12.1 Å². The van der Waals surface area contributed by atoms with Gasteiger partial charge in [0.25, 0.3) is 5.91 Å². The van der Waals surface area contributed by atoms with E-state index in [-0.39, 0.29) is 16.9 Å². The number of rotatable bonds is 3. The zero-order valence-electron chi connectivity index (χ0n) is 11.5. The Balaban J connectivity index is 2.06. The number of carbonyl (C=O) groups excluding carboxylic acids is 1. The molecule has 0 atom stereocenters. The number of carbonyl (C=O) groups is 1. The molecule has 0 aliphatic carbocycles. The van der Waals surface area contributed by atoms with Gasteiger partial charge >= 0.3 is 6.18 Å². The third kappa shape index (κ3) is 4.22. The van der Waals surface area contributed by atoms with Gasteiger partial charge in [-0.3, -0.25) is 4.79 Å². The lowest BCUT2D eigenvalue weighted by Gasteiger charge is -2.06. The van der Waals surface area contributed by atoms with Crippen LogP contribution in [0.25, 0.3) is 0 Å². The van der Waals surface area contributed by atoms with Crippen LogP contribution in [-0.2, 0) is 6.18 Å². The van der Waals surface area contributed by atoms with Crippen LogP contribution in [-0.4, -0.2) is 22.3 Å². The molecular formula is C15H11F3N2O3. The molecule has 0 radical (unpaired) electrons. The maximum atomic E-state index is 12.6. The molecule has 0 aliphatic rings. The highest BCUT2D eigenvalue weighted by atomic mass is 19.4. The van der Waals surface area contributed by atoms with E-state index in [0.29, 0.717) is 0 Å². The standard InChI is InChI=1S/C15H11F3N2O3/c16-15(17,18)11-3-1-2-9(6-11)8-19-20-14(23)10-4-5-12(21)13(22)7-10/h1-8,21-22H,(H,20,23). The van der Waals surface area contributed by atoms with Crippen LogP contribution in [0.3, 0.4) is 0 Å². The number of amides is 1. The van der Waals surface area contributed by atoms with Gasteiger partial charge in [0.15, 0.2) is 11.5 Å². The first-order valence-corrected chi connectivity index (χ1v) is 6.30. The topological polar surface area (TPSA) is 81.9 Å². The highest BCUT2D eigenvalue weighted by Gasteiger charge is 2.30. The predicted octanol–water partition coefficient (Wildman–Crippen LogP) is 2.88. The lowest BCUT2D eigenvalue weighted by molar-refractivity contribution is -0.137. The number of hydrogen-bond donors (Lipinski definition) is 3. The Morgan fingerprint density at radius 1 is 1.09 bits per heavy atom. The molecule has 0 unspecified atom stereocenters. The van der Waals surface area contributed by atoms with Crippen LogP contribution in [0.2, 0.25) is 0 Å². The third-order valence-corrected chi connectivity index (χ3v) is 2.83. The van der Waals surface area contributed by atoms with Crippen molar-refractivity contribution in [2.75, 3.05) is 0 Å². The first-order valence-electron chi connectivity index (χ1n) is 6.30. The summed E-state index contributed by atoms with van der Waals surface area (Å²) in [4.78, 5) is 11.7. The monoisotopic (exact) mass is 324 g/mol. The van der Waals surface area contributed by atoms with Crippen molar-refractivity contribution in [3.63, 3.8) is 0 Å². The van der Waals surface area contributed by atoms with E-state index in [1.165, 1.54) is 18.2 Å². The Morgan fingerprint density at radius 2 is 1.83 bits per heavy atom. The summed E-state index contributed by atoms with van der Waals surface area (Å²) in [5, 5.41) is 22.0. The van der Waals surface area contributed by atoms with Crippen molar-refractivity contribution in [1.29, 1.82) is 0 Å². The van der Waals surface area contributed by atoms with Crippen molar-refractivity contribution in [1.82, 2.24) is 5.43 Å². The molecule has 0 bridgehead atoms. The molecule has 0 saturated carbocycles. The van der Waals surface area contributed by atoms with Crippen LogP contribution >= 0.6 is 0 Å². The maximum Gasteiger partial charge on any atom is 0.416 e. The van der Waals surface area contributed by atoms with Gasteiger partial charge in [0.05, 0.1) is 11.8 Å². The molecule has 0 fully saturated rings. The zero-order chi connectivity index (χ0) is 17.0. The summed E-state index contributed by atoms with van der Waals surface area (Å²) in [6.45, 7) is 0. The molecule has 1 amide bonds. The number of benzene rings is 2. The van der Waals surface area contributed by atoms with Crippen LogP contribution in [0.5, 0.6) is 11.5 Å². The molecular weight excluding hydrogens is 313 g/mol. The van der Waals surface area contributed by atoms with Crippen LogP contribution in [0.15, 0.2) is 47.6 Å². The van der Waals surface area contributed by atoms with Crippen molar-refractivity contribution < 1.29 is 28.2 Å². The number of hydrogen-bond acceptors (Lipinski definition) is 4. The quantitative estimate of drug-likeness (QED) is 0.461. The van der Waals surface area contributed by atoms with Gasteiger partial charge in [-0.25, -0.2) is 5.43 Å². The van der Waals surface area contributed by atoms with E-state index in [1.54, 1.807) is 0 Å². The van der Waals surface area contributed by atoms with Crippen LogP contribution in [0.4, 0.5) is 13.2 Å². The summed E-state index contributed by atoms with van der Waals surface area (Å²) in [7, 11) is 0. The second-order valence-corrected chi connectivity index (χ2v) is 4.53. The number of nitrogens with zero attached hydrogens (tertiary/aromatic N) is 1. The number of phenols is 2. The third-order valence-electron chi connectivity index (χ3n) is 2.83. The smallest absolute Gasteiger partial charge is 0.416 e. The van der Waals surface area contributed by atoms with Crippen LogP contribution < -0.4 is 5.43 Å². The first-order chi connectivity index (χ1) is 10.8. The highest BCUT2D eigenvalue weighted by Crippen LogP contribution is 2.29. The molecule has 3 N–H and O–H groups in total. The highest BCUT2D eigenvalue weighted by molar-refractivity contribution is 5.95. The van der Waals surface area contributed by atoms with Gasteiger partial charge in [0.2, 0.25) is 0 Å². The molecule has 0 saturated heterocycles. The maximum absolute atomic E-state index is 12.6. The molecule has 8 heteroatoms. The minimum Gasteiger partial charge on any atom is -0.504 e. The van der Waals surface area contributed by atoms with Gasteiger partial charge < -0.3 is 10.2 Å². The van der Waals surface area contributed by atoms with Gasteiger partial charge in [0.1, 0.15) is 0 Å². The van der Waals surface area contributed by atoms with Gasteiger partial charge in [0, 0.05) is 5.56 Å². The fourth-order valence-electron chi connectivity index (χ4n) is 1.69. The average Bonchev–Trinajstić information content (AvgIpc) is 2.49. The summed E-state index contributed by atoms with van der Waals surface area (Å²) in [5.41, 5.74) is 1.48. The van der Waals surface area contributed by atoms with E-state index in [4.69, 9.17) is 5.11 Å². The molecule has 0 spiro atoms. The lowest BCUT2D eigenvalue weighted by atomic mass is 10.1. The van der Waals surface area contributed by atoms with Gasteiger partial charge in [-0.05, 0) is 35.9 Å². The predicted molar refractivity (Wildman–Crippen MR) is 76.3 cm³/mol. The lowest BCUT2D eigenvalue weighted by Crippen LogP contribution is -2.17. The van der Waals surface area contributed by atoms with E-state index in [1.807, 2.05) is 0 Å². The largest absolute Gasteiger partial charge is 0.504 e. The van der Waals surface area contributed by atoms with E-state index in [2.05, 4.69) is 10.5 Å². The van der Waals surface area contributed by atoms with Gasteiger partial charge in [-0.1, -0.05) is 12.1 Å². The van der Waals surface area contributed by atoms with Crippen molar-refractivity contribution in [3.05, 3.63) is 59.2 Å². The van der Waals surface area contributed by atoms with E-state index in [0.717, 1.165) is 30.5 Å². The normalized spacial score (nSPS) is 11.6. The Morgan fingerprint density at radius 3 is 2.48 bits per heavy atom. The molecule has 23 heavy (non-hydrogen) atoms. The second kappa shape index (κ2) is 6.39. The second-order valence-electron chi connectivity index (χ2n) is 4.53. The average molecular weight is 324 g/mol. The minimum absolute atomic E-state index is 0.0292. The van der Waals surface area contributed by atoms with Crippen molar-refractivity contribution in [3.8, 4) is 11.5 Å². The SMILES string of the molecule is O=C(NN=Cc1cccc(C(F)(F)F)c1)c1ccc(O)c(O)c1. The van der Waals surface area contributed by atoms with Gasteiger partial charge in [-0.15, -0.1) is 0 Å². The summed E-state index contributed by atoms with van der Waals surface area (Å²) >= 11 is 0. The molecule has 0 aromatic heterocycles. The summed E-state index contributed by atoms with van der Waals surface area (Å²) in [6.07, 6.45) is -3.40. The Labute approximate surface area is 128 Å². The molecule has 0 aliphatic heterocycles. The summed E-state index contributed by atoms with van der Waals surface area (Å²) in [6, 6.07) is 7.86. The van der Waals surface area contributed by atoms with Gasteiger partial charge in [-0.2, -0.15) is 18.3 Å². The fraction of sp³-hybridized carbons (Fsp3) is 0.0667. The molecule has 0 heterocycles. The molecule has 2 aromatic carbocycles. The number of nitrogens with one attached hydrogen (secondary N) is 1.